The summed E-state index contributed by atoms with van der Waals surface area (Å²) in [4.78, 5) is 2.39. The Balaban J connectivity index is 1.81. The molecule has 3 aromatic rings. The highest BCUT2D eigenvalue weighted by Gasteiger charge is 2.57. The second-order valence-corrected chi connectivity index (χ2v) is 36.4. The van der Waals surface area contributed by atoms with Gasteiger partial charge in [0.2, 0.25) is 0 Å². The maximum absolute atomic E-state index is 13.6. The quantitative estimate of drug-likeness (QED) is 0.163. The lowest BCUT2D eigenvalue weighted by Crippen LogP contribution is -2.68. The first-order valence-electron chi connectivity index (χ1n) is 17.2. The number of halogens is 1. The van der Waals surface area contributed by atoms with Gasteiger partial charge in [0.25, 0.3) is 0 Å². The summed E-state index contributed by atoms with van der Waals surface area (Å²) in [5.41, 5.74) is 3.77. The molecule has 0 aliphatic carbocycles. The Morgan fingerprint density at radius 3 is 1.88 bits per heavy atom. The summed E-state index contributed by atoms with van der Waals surface area (Å²) in [5, 5.41) is 0. The molecule has 1 aliphatic rings. The van der Waals surface area contributed by atoms with E-state index in [0.29, 0.717) is 6.61 Å². The van der Waals surface area contributed by atoms with E-state index in [9.17, 15) is 4.39 Å². The molecule has 2 aromatic carbocycles. The molecule has 1 fully saturated rings. The van der Waals surface area contributed by atoms with Crippen molar-refractivity contribution < 1.29 is 26.8 Å². The Labute approximate surface area is 298 Å². The number of ether oxygens (including phenoxy) is 1. The minimum absolute atomic E-state index is 0.220. The van der Waals surface area contributed by atoms with Crippen LogP contribution in [0.25, 0.3) is 10.4 Å². The van der Waals surface area contributed by atoms with Gasteiger partial charge in [0, 0.05) is 16.2 Å². The minimum atomic E-state index is -2.10. The first-order chi connectivity index (χ1) is 21.9. The van der Waals surface area contributed by atoms with Crippen LogP contribution in [0.2, 0.25) is 78.6 Å². The Bertz CT molecular complexity index is 1520. The number of benzene rings is 2. The van der Waals surface area contributed by atoms with Gasteiger partial charge in [0.05, 0.1) is 6.61 Å². The van der Waals surface area contributed by atoms with Crippen LogP contribution in [-0.2, 0) is 34.5 Å². The highest BCUT2D eigenvalue weighted by atomic mass is 32.1. The van der Waals surface area contributed by atoms with Crippen molar-refractivity contribution in [3.63, 3.8) is 0 Å². The molecule has 48 heavy (non-hydrogen) atoms. The lowest BCUT2D eigenvalue weighted by atomic mass is 9.80. The fourth-order valence-electron chi connectivity index (χ4n) is 6.09. The van der Waals surface area contributed by atoms with Crippen LogP contribution < -0.4 is 0 Å². The zero-order valence-electron chi connectivity index (χ0n) is 31.7. The SMILES string of the molecule is Cc1ccc([C@]2(C)O[C@H](CO[Si](C)(C)C)[C@@H](O[Si](C)(C)C)[C@H](O[Si](C)(C)C)[C@H]2O[Si](C)(C)C)cc1Cc1ccc(-c2ccc(F)cc2)s1. The third-order valence-corrected chi connectivity index (χ3v) is 13.2. The Hall–Kier alpha value is -1.26. The van der Waals surface area contributed by atoms with Gasteiger partial charge in [-0.3, -0.25) is 0 Å². The van der Waals surface area contributed by atoms with Crippen LogP contribution >= 0.6 is 11.3 Å². The lowest BCUT2D eigenvalue weighted by Gasteiger charge is -2.55. The molecule has 11 heteroatoms. The van der Waals surface area contributed by atoms with Crippen LogP contribution in [-0.4, -0.2) is 64.3 Å². The molecule has 1 saturated heterocycles. The number of hydrogen-bond donors (Lipinski definition) is 0. The Morgan fingerprint density at radius 2 is 1.31 bits per heavy atom. The largest absolute Gasteiger partial charge is 0.415 e. The standard InChI is InChI=1S/C37H59FO5SSi4/c1-26-15-18-29(23-28(26)24-31-21-22-33(44-31)27-16-19-30(38)20-17-27)37(2)36(43-48(12,13)14)35(42-47(9,10)11)34(41-46(6,7)8)32(40-37)25-39-45(3,4)5/h15-23,32,34-36H,24-25H2,1-14H3/t32-,34-,35+,36-,37+/m1/s1. The van der Waals surface area contributed by atoms with E-state index >= 15 is 0 Å². The van der Waals surface area contributed by atoms with Crippen molar-refractivity contribution in [1.82, 2.24) is 0 Å². The van der Waals surface area contributed by atoms with Crippen molar-refractivity contribution in [1.29, 1.82) is 0 Å². The predicted octanol–water partition coefficient (Wildman–Crippen LogP) is 10.6. The first kappa shape index (κ1) is 39.5. The summed E-state index contributed by atoms with van der Waals surface area (Å²) >= 11 is 1.75. The summed E-state index contributed by atoms with van der Waals surface area (Å²) in [6.07, 6.45) is -0.529. The van der Waals surface area contributed by atoms with E-state index in [1.165, 1.54) is 28.1 Å². The smallest absolute Gasteiger partial charge is 0.184 e. The van der Waals surface area contributed by atoms with Crippen LogP contribution in [0.1, 0.15) is 28.5 Å². The molecule has 0 N–H and O–H groups in total. The molecule has 0 unspecified atom stereocenters. The van der Waals surface area contributed by atoms with E-state index in [0.717, 1.165) is 22.4 Å². The number of thiophene rings is 1. The minimum Gasteiger partial charge on any atom is -0.415 e. The van der Waals surface area contributed by atoms with Gasteiger partial charge in [0.15, 0.2) is 33.3 Å². The Kier molecular flexibility index (Phi) is 12.2. The highest BCUT2D eigenvalue weighted by molar-refractivity contribution is 7.15. The van der Waals surface area contributed by atoms with E-state index < -0.39 is 38.9 Å². The molecule has 0 saturated carbocycles. The third kappa shape index (κ3) is 10.9. The van der Waals surface area contributed by atoms with Gasteiger partial charge in [0.1, 0.15) is 35.8 Å². The normalized spacial score (nSPS) is 24.2. The molecule has 0 radical (unpaired) electrons. The van der Waals surface area contributed by atoms with Crippen molar-refractivity contribution in [2.45, 2.75) is 129 Å². The van der Waals surface area contributed by atoms with E-state index in [-0.39, 0.29) is 30.2 Å². The first-order valence-corrected chi connectivity index (χ1v) is 31.7. The molecule has 1 aromatic heterocycles. The zero-order valence-corrected chi connectivity index (χ0v) is 36.6. The molecule has 2 heterocycles. The van der Waals surface area contributed by atoms with Crippen molar-refractivity contribution in [3.05, 3.63) is 82.0 Å². The molecule has 0 amide bonds. The molecule has 266 valence electrons. The van der Waals surface area contributed by atoms with E-state index in [2.05, 4.69) is 123 Å². The monoisotopic (exact) mass is 746 g/mol. The summed E-state index contributed by atoms with van der Waals surface area (Å²) in [7, 11) is -8.05. The number of rotatable bonds is 13. The molecule has 0 spiro atoms. The second kappa shape index (κ2) is 14.8. The molecule has 1 aliphatic heterocycles. The summed E-state index contributed by atoms with van der Waals surface area (Å²) in [5.74, 6) is -0.220. The third-order valence-electron chi connectivity index (χ3n) is 8.15. The predicted molar refractivity (Wildman–Crippen MR) is 210 cm³/mol. The topological polar surface area (TPSA) is 46.2 Å². The van der Waals surface area contributed by atoms with Gasteiger partial charge >= 0.3 is 0 Å². The maximum atomic E-state index is 13.6. The van der Waals surface area contributed by atoms with E-state index in [1.54, 1.807) is 11.3 Å². The van der Waals surface area contributed by atoms with Crippen LogP contribution in [0.3, 0.4) is 0 Å². The molecule has 5 nitrogen and oxygen atoms in total. The van der Waals surface area contributed by atoms with Gasteiger partial charge in [-0.2, -0.15) is 0 Å². The molecule has 0 bridgehead atoms. The van der Waals surface area contributed by atoms with Crippen LogP contribution in [0.5, 0.6) is 0 Å². The fraction of sp³-hybridized carbons (Fsp3) is 0.568. The van der Waals surface area contributed by atoms with Crippen LogP contribution in [0, 0.1) is 12.7 Å². The number of aryl methyl sites for hydroxylation is 1. The van der Waals surface area contributed by atoms with Crippen molar-refractivity contribution in [3.8, 4) is 10.4 Å². The highest BCUT2D eigenvalue weighted by Crippen LogP contribution is 2.45. The number of hydrogen-bond acceptors (Lipinski definition) is 6. The van der Waals surface area contributed by atoms with Gasteiger partial charge in [-0.15, -0.1) is 11.3 Å². The summed E-state index contributed by atoms with van der Waals surface area (Å²) in [6, 6.07) is 17.8. The van der Waals surface area contributed by atoms with Gasteiger partial charge < -0.3 is 22.4 Å². The molecular formula is C37H59FO5SSi4. The van der Waals surface area contributed by atoms with Crippen LogP contribution in [0.15, 0.2) is 54.6 Å². The molecular weight excluding hydrogens is 688 g/mol. The van der Waals surface area contributed by atoms with Gasteiger partial charge in [-0.1, -0.05) is 30.3 Å². The van der Waals surface area contributed by atoms with Crippen molar-refractivity contribution >= 4 is 44.6 Å². The van der Waals surface area contributed by atoms with Crippen molar-refractivity contribution in [2.75, 3.05) is 6.61 Å². The van der Waals surface area contributed by atoms with E-state index in [1.807, 2.05) is 12.1 Å². The lowest BCUT2D eigenvalue weighted by molar-refractivity contribution is -0.260. The molecule has 4 rings (SSSR count). The van der Waals surface area contributed by atoms with E-state index in [4.69, 9.17) is 22.4 Å². The Morgan fingerprint density at radius 1 is 0.729 bits per heavy atom. The zero-order chi connectivity index (χ0) is 35.9. The van der Waals surface area contributed by atoms with Gasteiger partial charge in [-0.25, -0.2) is 4.39 Å². The molecule has 5 atom stereocenters. The average Bonchev–Trinajstić information content (AvgIpc) is 3.39. The van der Waals surface area contributed by atoms with Crippen LogP contribution in [0.4, 0.5) is 4.39 Å². The average molecular weight is 747 g/mol. The summed E-state index contributed by atoms with van der Waals surface area (Å²) < 4.78 is 48.8. The van der Waals surface area contributed by atoms with Crippen molar-refractivity contribution in [2.24, 2.45) is 0 Å². The van der Waals surface area contributed by atoms with Gasteiger partial charge in [-0.05, 0) is 139 Å². The fourth-order valence-corrected chi connectivity index (χ4v) is 11.1. The second-order valence-electron chi connectivity index (χ2n) is 17.3. The maximum Gasteiger partial charge on any atom is 0.184 e. The summed E-state index contributed by atoms with van der Waals surface area (Å²) in [6.45, 7) is 31.6.